The van der Waals surface area contributed by atoms with Crippen LogP contribution in [0.1, 0.15) is 78.6 Å². The van der Waals surface area contributed by atoms with Gasteiger partial charge in [-0.3, -0.25) is 9.18 Å². The first-order valence-electron chi connectivity index (χ1n) is 12.3. The summed E-state index contributed by atoms with van der Waals surface area (Å²) in [5, 5.41) is 15.0. The number of alkyl halides is 1. The molecule has 0 bridgehead atoms. The highest BCUT2D eigenvalue weighted by Gasteiger charge is 2.58. The summed E-state index contributed by atoms with van der Waals surface area (Å²) < 4.78 is 9.50. The number of nitrogens with two attached hydrogens (primary N) is 2. The molecule has 0 aromatic carbocycles. The Morgan fingerprint density at radius 2 is 1.77 bits per heavy atom. The Bertz CT molecular complexity index is 604. The minimum Gasteiger partial charge on any atom is -0.393 e. The van der Waals surface area contributed by atoms with Gasteiger partial charge in [-0.05, 0) is 92.8 Å². The molecule has 0 radical (unpaired) electrons. The number of hydrazone groups is 1. The van der Waals surface area contributed by atoms with E-state index in [0.29, 0.717) is 13.1 Å². The monoisotopic (exact) mass is 440 g/mol. The maximum Gasteiger partial charge on any atom is 0.159 e. The molecule has 0 aliphatic heterocycles. The van der Waals surface area contributed by atoms with E-state index in [4.69, 9.17) is 11.6 Å². The minimum atomic E-state index is -0.0690. The lowest BCUT2D eigenvalue weighted by atomic mass is 9.49. The number of hydrazine groups is 1. The Labute approximate surface area is 188 Å². The average Bonchev–Trinajstić information content (AvgIpc) is 3.13. The van der Waals surface area contributed by atoms with E-state index in [1.54, 1.807) is 0 Å². The topological polar surface area (TPSA) is 105 Å². The van der Waals surface area contributed by atoms with Gasteiger partial charge in [-0.1, -0.05) is 20.8 Å². The molecule has 0 heterocycles. The zero-order chi connectivity index (χ0) is 23.2. The summed E-state index contributed by atoms with van der Waals surface area (Å²) in [4.78, 5) is 13.0. The summed E-state index contributed by atoms with van der Waals surface area (Å²) in [6.45, 7) is 6.52. The van der Waals surface area contributed by atoms with Crippen molar-refractivity contribution in [1.29, 1.82) is 0 Å². The van der Waals surface area contributed by atoms with E-state index < -0.39 is 0 Å². The Balaban J connectivity index is 0.000000807. The molecule has 6 nitrogen and oxygen atoms in total. The van der Waals surface area contributed by atoms with Gasteiger partial charge in [0.2, 0.25) is 0 Å². The molecule has 0 aromatic rings. The van der Waals surface area contributed by atoms with Gasteiger partial charge in [0.15, 0.2) is 5.78 Å². The number of rotatable bonds is 4. The van der Waals surface area contributed by atoms with E-state index in [1.807, 2.05) is 13.8 Å². The van der Waals surface area contributed by atoms with E-state index in [1.165, 1.54) is 37.2 Å². The van der Waals surface area contributed by atoms with Crippen LogP contribution >= 0.6 is 0 Å². The molecule has 0 spiro atoms. The lowest BCUT2D eigenvalue weighted by molar-refractivity contribution is -0.132. The van der Waals surface area contributed by atoms with Crippen LogP contribution in [0.25, 0.3) is 0 Å². The van der Waals surface area contributed by atoms with Crippen LogP contribution in [0.15, 0.2) is 5.10 Å². The number of aliphatic hydroxyl groups excluding tert-OH is 1. The van der Waals surface area contributed by atoms with Gasteiger partial charge in [0, 0.05) is 5.92 Å². The fraction of sp³-hybridized carbons (Fsp3) is 0.917. The highest BCUT2D eigenvalue weighted by Crippen LogP contribution is 2.64. The number of Topliss-reactive ketones (excluding diaryl/α,β-unsaturated/α-hetero) is 1. The van der Waals surface area contributed by atoms with E-state index >= 15 is 0 Å². The predicted molar refractivity (Wildman–Crippen MR) is 124 cm³/mol. The molecule has 4 rings (SSSR count). The smallest absolute Gasteiger partial charge is 0.159 e. The van der Waals surface area contributed by atoms with Crippen molar-refractivity contribution in [3.63, 3.8) is 0 Å². The first-order chi connectivity index (χ1) is 14.9. The van der Waals surface area contributed by atoms with Crippen molar-refractivity contribution < 1.29 is 14.3 Å². The first kappa shape index (κ1) is 26.0. The molecule has 0 aromatic heterocycles. The van der Waals surface area contributed by atoms with Crippen molar-refractivity contribution in [3.05, 3.63) is 0 Å². The quantitative estimate of drug-likeness (QED) is 0.266. The van der Waals surface area contributed by atoms with Crippen molar-refractivity contribution in [2.24, 2.45) is 57.6 Å². The van der Waals surface area contributed by atoms with Crippen LogP contribution in [0.2, 0.25) is 0 Å². The van der Waals surface area contributed by atoms with Crippen molar-refractivity contribution in [1.82, 2.24) is 5.12 Å². The summed E-state index contributed by atoms with van der Waals surface area (Å²) in [6.07, 6.45) is 11.4. The van der Waals surface area contributed by atoms with Gasteiger partial charge in [0.05, 0.1) is 13.3 Å². The van der Waals surface area contributed by atoms with Gasteiger partial charge in [-0.25, -0.2) is 11.0 Å². The SMILES string of the molecule is CC.CC12CCC3C4CCC(O)CC4CCC3C1CCC2C(=O)CN(N)/N=C\N.CF. The molecule has 8 atom stereocenters. The molecule has 7 heteroatoms. The molecular formula is C24H45FN4O2. The number of ketones is 1. The standard InChI is InChI=1S/C21H36N4O2.C2H6.CH3F/c1-21-9-8-16-15-5-3-14(26)10-13(15)2-4-17(16)18(21)6-7-19(21)20(27)11-25(23)24-12-22;2*1-2/h12-19,26H,2-11,23H2,1H3,(H2,22,24);1-2H3;1H3. The van der Waals surface area contributed by atoms with Crippen LogP contribution < -0.4 is 11.6 Å². The number of halogens is 1. The van der Waals surface area contributed by atoms with Gasteiger partial charge < -0.3 is 10.8 Å². The van der Waals surface area contributed by atoms with Gasteiger partial charge in [0.25, 0.3) is 0 Å². The van der Waals surface area contributed by atoms with Crippen molar-refractivity contribution in [2.75, 3.05) is 13.7 Å². The van der Waals surface area contributed by atoms with E-state index in [2.05, 4.69) is 12.0 Å². The highest BCUT2D eigenvalue weighted by molar-refractivity contribution is 5.84. The lowest BCUT2D eigenvalue weighted by Gasteiger charge is -2.56. The Morgan fingerprint density at radius 3 is 2.45 bits per heavy atom. The molecule has 0 amide bonds. The van der Waals surface area contributed by atoms with Gasteiger partial charge in [-0.15, -0.1) is 0 Å². The minimum absolute atomic E-state index is 0.0690. The fourth-order valence-corrected chi connectivity index (χ4v) is 7.75. The second-order valence-corrected chi connectivity index (χ2v) is 9.91. The van der Waals surface area contributed by atoms with Crippen LogP contribution in [-0.2, 0) is 4.79 Å². The van der Waals surface area contributed by atoms with Crippen LogP contribution in [0.4, 0.5) is 4.39 Å². The summed E-state index contributed by atoms with van der Waals surface area (Å²) in [5.74, 6) is 9.90. The van der Waals surface area contributed by atoms with Gasteiger partial charge in [0.1, 0.15) is 12.9 Å². The molecule has 4 fully saturated rings. The summed E-state index contributed by atoms with van der Waals surface area (Å²) in [7, 11) is 0.500. The molecule has 8 unspecified atom stereocenters. The summed E-state index contributed by atoms with van der Waals surface area (Å²) >= 11 is 0. The largest absolute Gasteiger partial charge is 0.393 e. The number of hydrogen-bond acceptors (Lipinski definition) is 5. The molecule has 5 N–H and O–H groups in total. The van der Waals surface area contributed by atoms with E-state index in [9.17, 15) is 14.3 Å². The lowest BCUT2D eigenvalue weighted by Crippen LogP contribution is -2.50. The second kappa shape index (κ2) is 11.6. The number of aliphatic hydroxyl groups is 1. The maximum absolute atomic E-state index is 13.0. The number of fused-ring (bicyclic) bond motifs is 5. The Morgan fingerprint density at radius 1 is 1.10 bits per heavy atom. The van der Waals surface area contributed by atoms with Crippen molar-refractivity contribution >= 4 is 12.1 Å². The van der Waals surface area contributed by atoms with E-state index in [-0.39, 0.29) is 29.8 Å². The van der Waals surface area contributed by atoms with Crippen molar-refractivity contribution in [2.45, 2.75) is 84.7 Å². The normalized spacial score (nSPS) is 40.9. The van der Waals surface area contributed by atoms with Crippen LogP contribution in [0, 0.1) is 40.9 Å². The number of carbonyl (C=O) groups excluding carboxylic acids is 1. The third-order valence-electron chi connectivity index (χ3n) is 8.85. The third kappa shape index (κ3) is 5.24. The molecule has 0 saturated heterocycles. The van der Waals surface area contributed by atoms with Crippen LogP contribution in [-0.4, -0.2) is 42.2 Å². The van der Waals surface area contributed by atoms with Gasteiger partial charge in [-0.2, -0.15) is 5.10 Å². The third-order valence-corrected chi connectivity index (χ3v) is 8.85. The fourth-order valence-electron chi connectivity index (χ4n) is 7.75. The molecule has 4 aliphatic rings. The number of carbonyl (C=O) groups is 1. The Hall–Kier alpha value is -1.21. The number of nitrogens with zero attached hydrogens (tertiary/aromatic N) is 2. The van der Waals surface area contributed by atoms with E-state index in [0.717, 1.165) is 55.7 Å². The Kier molecular flexibility index (Phi) is 9.74. The predicted octanol–water partition coefficient (Wildman–Crippen LogP) is 3.87. The molecule has 4 aliphatic carbocycles. The van der Waals surface area contributed by atoms with Crippen LogP contribution in [0.5, 0.6) is 0 Å². The second-order valence-electron chi connectivity index (χ2n) is 9.91. The number of hydrogen-bond donors (Lipinski definition) is 3. The zero-order valence-electron chi connectivity index (χ0n) is 20.0. The molecule has 4 saturated carbocycles. The van der Waals surface area contributed by atoms with Crippen molar-refractivity contribution in [3.8, 4) is 0 Å². The molecular weight excluding hydrogens is 395 g/mol. The highest BCUT2D eigenvalue weighted by atomic mass is 19.1. The summed E-state index contributed by atoms with van der Waals surface area (Å²) in [5.41, 5.74) is 5.40. The maximum atomic E-state index is 13.0. The molecule has 180 valence electrons. The first-order valence-corrected chi connectivity index (χ1v) is 12.3. The van der Waals surface area contributed by atoms with Gasteiger partial charge >= 0.3 is 0 Å². The average molecular weight is 441 g/mol. The van der Waals surface area contributed by atoms with Crippen LogP contribution in [0.3, 0.4) is 0 Å². The summed E-state index contributed by atoms with van der Waals surface area (Å²) in [6, 6.07) is 0. The molecule has 31 heavy (non-hydrogen) atoms. The zero-order valence-corrected chi connectivity index (χ0v) is 20.0.